The minimum absolute atomic E-state index is 0.200. The molecule has 0 amide bonds. The van der Waals surface area contributed by atoms with Gasteiger partial charge >= 0.3 is 0 Å². The van der Waals surface area contributed by atoms with Crippen molar-refractivity contribution < 1.29 is 8.42 Å². The number of amidine groups is 1. The van der Waals surface area contributed by atoms with Gasteiger partial charge in [-0.2, -0.15) is 0 Å². The SMILES string of the molecule is CS(=O)(=O)c1ccc(SCC2(CC(=N)N)CC2)cc1. The summed E-state index contributed by atoms with van der Waals surface area (Å²) >= 11 is 1.70. The predicted molar refractivity (Wildman–Crippen MR) is 78.5 cm³/mol. The van der Waals surface area contributed by atoms with E-state index in [1.807, 2.05) is 12.1 Å². The van der Waals surface area contributed by atoms with Crippen LogP contribution in [0.5, 0.6) is 0 Å². The Labute approximate surface area is 118 Å². The van der Waals surface area contributed by atoms with Gasteiger partial charge < -0.3 is 5.73 Å². The van der Waals surface area contributed by atoms with Gasteiger partial charge in [0.25, 0.3) is 0 Å². The van der Waals surface area contributed by atoms with Crippen LogP contribution in [0.3, 0.4) is 0 Å². The minimum Gasteiger partial charge on any atom is -0.388 e. The topological polar surface area (TPSA) is 84.0 Å². The lowest BCUT2D eigenvalue weighted by molar-refractivity contribution is 0.601. The average Bonchev–Trinajstić information content (AvgIpc) is 3.05. The fourth-order valence-corrected chi connectivity index (χ4v) is 3.80. The van der Waals surface area contributed by atoms with E-state index < -0.39 is 9.84 Å². The summed E-state index contributed by atoms with van der Waals surface area (Å²) in [6.07, 6.45) is 4.13. The van der Waals surface area contributed by atoms with Gasteiger partial charge in [0.05, 0.1) is 10.7 Å². The molecular weight excluding hydrogens is 280 g/mol. The minimum atomic E-state index is -3.12. The first-order chi connectivity index (χ1) is 8.81. The Bertz CT molecular complexity index is 575. The number of rotatable bonds is 6. The molecule has 4 nitrogen and oxygen atoms in total. The van der Waals surface area contributed by atoms with Gasteiger partial charge in [-0.3, -0.25) is 5.41 Å². The highest BCUT2D eigenvalue weighted by molar-refractivity contribution is 7.99. The summed E-state index contributed by atoms with van der Waals surface area (Å²) in [5, 5.41) is 7.37. The molecule has 0 bridgehead atoms. The third kappa shape index (κ3) is 3.98. The molecule has 1 fully saturated rings. The second-order valence-electron chi connectivity index (χ2n) is 5.23. The second-order valence-corrected chi connectivity index (χ2v) is 8.30. The highest BCUT2D eigenvalue weighted by Gasteiger charge is 2.42. The fourth-order valence-electron chi connectivity index (χ4n) is 1.97. The van der Waals surface area contributed by atoms with Crippen LogP contribution in [-0.2, 0) is 9.84 Å². The Hall–Kier alpha value is -1.01. The van der Waals surface area contributed by atoms with E-state index >= 15 is 0 Å². The van der Waals surface area contributed by atoms with Gasteiger partial charge in [-0.05, 0) is 42.5 Å². The molecule has 0 saturated heterocycles. The normalized spacial score (nSPS) is 17.1. The van der Waals surface area contributed by atoms with E-state index in [-0.39, 0.29) is 11.3 Å². The van der Waals surface area contributed by atoms with Crippen LogP contribution in [0, 0.1) is 10.8 Å². The number of hydrogen-bond donors (Lipinski definition) is 2. The van der Waals surface area contributed by atoms with Crippen molar-refractivity contribution in [3.8, 4) is 0 Å². The van der Waals surface area contributed by atoms with Crippen LogP contribution in [0.15, 0.2) is 34.1 Å². The maximum absolute atomic E-state index is 11.3. The summed E-state index contributed by atoms with van der Waals surface area (Å²) in [4.78, 5) is 1.41. The zero-order chi connectivity index (χ0) is 14.1. The van der Waals surface area contributed by atoms with E-state index in [1.165, 1.54) is 6.26 Å². The Balaban J connectivity index is 1.96. The molecule has 0 spiro atoms. The van der Waals surface area contributed by atoms with Crippen molar-refractivity contribution in [3.05, 3.63) is 24.3 Å². The van der Waals surface area contributed by atoms with E-state index in [0.717, 1.165) is 23.5 Å². The highest BCUT2D eigenvalue weighted by Crippen LogP contribution is 2.51. The smallest absolute Gasteiger partial charge is 0.175 e. The van der Waals surface area contributed by atoms with Crippen molar-refractivity contribution in [3.63, 3.8) is 0 Å². The molecule has 0 aliphatic heterocycles. The monoisotopic (exact) mass is 298 g/mol. The molecule has 104 valence electrons. The van der Waals surface area contributed by atoms with Crippen molar-refractivity contribution >= 4 is 27.4 Å². The van der Waals surface area contributed by atoms with Gasteiger partial charge in [0.1, 0.15) is 0 Å². The Morgan fingerprint density at radius 2 is 1.95 bits per heavy atom. The quantitative estimate of drug-likeness (QED) is 0.479. The summed E-state index contributed by atoms with van der Waals surface area (Å²) in [7, 11) is -3.12. The number of thioether (sulfide) groups is 1. The summed E-state index contributed by atoms with van der Waals surface area (Å²) in [6, 6.07) is 6.96. The van der Waals surface area contributed by atoms with E-state index in [0.29, 0.717) is 11.3 Å². The molecular formula is C13H18N2O2S2. The van der Waals surface area contributed by atoms with Gasteiger partial charge in [-0.1, -0.05) is 0 Å². The molecule has 0 radical (unpaired) electrons. The van der Waals surface area contributed by atoms with Crippen LogP contribution in [0.4, 0.5) is 0 Å². The summed E-state index contributed by atoms with van der Waals surface area (Å²) < 4.78 is 22.7. The van der Waals surface area contributed by atoms with Gasteiger partial charge in [0, 0.05) is 23.3 Å². The zero-order valence-electron chi connectivity index (χ0n) is 10.8. The van der Waals surface area contributed by atoms with Crippen molar-refractivity contribution in [2.24, 2.45) is 11.1 Å². The highest BCUT2D eigenvalue weighted by atomic mass is 32.2. The molecule has 0 atom stereocenters. The molecule has 6 heteroatoms. The third-order valence-electron chi connectivity index (χ3n) is 3.32. The average molecular weight is 298 g/mol. The van der Waals surface area contributed by atoms with Crippen LogP contribution in [0.2, 0.25) is 0 Å². The largest absolute Gasteiger partial charge is 0.388 e. The molecule has 19 heavy (non-hydrogen) atoms. The van der Waals surface area contributed by atoms with Crippen LogP contribution in [0.25, 0.3) is 0 Å². The van der Waals surface area contributed by atoms with Gasteiger partial charge in [-0.15, -0.1) is 11.8 Å². The second kappa shape index (κ2) is 5.17. The van der Waals surface area contributed by atoms with Crippen molar-refractivity contribution in [2.75, 3.05) is 12.0 Å². The van der Waals surface area contributed by atoms with E-state index in [4.69, 9.17) is 11.1 Å². The molecule has 0 unspecified atom stereocenters. The number of nitrogens with two attached hydrogens (primary N) is 1. The number of benzene rings is 1. The molecule has 1 aliphatic carbocycles. The first kappa shape index (κ1) is 14.4. The van der Waals surface area contributed by atoms with E-state index in [9.17, 15) is 8.42 Å². The lowest BCUT2D eigenvalue weighted by Gasteiger charge is -2.13. The van der Waals surface area contributed by atoms with Crippen molar-refractivity contribution in [1.29, 1.82) is 5.41 Å². The first-order valence-electron chi connectivity index (χ1n) is 6.07. The van der Waals surface area contributed by atoms with Crippen LogP contribution < -0.4 is 5.73 Å². The number of sulfone groups is 1. The van der Waals surface area contributed by atoms with E-state index in [2.05, 4.69) is 0 Å². The third-order valence-corrected chi connectivity index (χ3v) is 5.81. The summed E-state index contributed by atoms with van der Waals surface area (Å²) in [5.41, 5.74) is 5.66. The zero-order valence-corrected chi connectivity index (χ0v) is 12.5. The predicted octanol–water partition coefficient (Wildman–Crippen LogP) is 2.29. The lowest BCUT2D eigenvalue weighted by Crippen LogP contribution is -2.18. The molecule has 1 aromatic carbocycles. The number of hydrogen-bond acceptors (Lipinski definition) is 4. The fraction of sp³-hybridized carbons (Fsp3) is 0.462. The van der Waals surface area contributed by atoms with Crippen LogP contribution >= 0.6 is 11.8 Å². The molecule has 1 aliphatic rings. The number of nitrogens with one attached hydrogen (secondary N) is 1. The van der Waals surface area contributed by atoms with Gasteiger partial charge in [0.2, 0.25) is 0 Å². The lowest BCUT2D eigenvalue weighted by atomic mass is 10.1. The molecule has 1 saturated carbocycles. The molecule has 3 N–H and O–H groups in total. The Morgan fingerprint density at radius 1 is 1.37 bits per heavy atom. The molecule has 1 aromatic rings. The summed E-state index contributed by atoms with van der Waals surface area (Å²) in [5.74, 6) is 1.19. The molecule has 0 heterocycles. The van der Waals surface area contributed by atoms with E-state index in [1.54, 1.807) is 23.9 Å². The Morgan fingerprint density at radius 3 is 2.37 bits per heavy atom. The molecule has 2 rings (SSSR count). The van der Waals surface area contributed by atoms with Crippen molar-refractivity contribution in [2.45, 2.75) is 29.1 Å². The first-order valence-corrected chi connectivity index (χ1v) is 8.94. The van der Waals surface area contributed by atoms with Gasteiger partial charge in [-0.25, -0.2) is 8.42 Å². The van der Waals surface area contributed by atoms with Gasteiger partial charge in [0.15, 0.2) is 9.84 Å². The maximum Gasteiger partial charge on any atom is 0.175 e. The van der Waals surface area contributed by atoms with Crippen LogP contribution in [0.1, 0.15) is 19.3 Å². The molecule has 0 aromatic heterocycles. The standard InChI is InChI=1S/C13H18N2O2S2/c1-19(16,17)11-4-2-10(3-5-11)18-9-13(6-7-13)8-12(14)15/h2-5H,6-9H2,1H3,(H3,14,15). The van der Waals surface area contributed by atoms with Crippen molar-refractivity contribution in [1.82, 2.24) is 0 Å². The Kier molecular flexibility index (Phi) is 3.92. The summed E-state index contributed by atoms with van der Waals surface area (Å²) in [6.45, 7) is 0. The maximum atomic E-state index is 11.3. The van der Waals surface area contributed by atoms with Crippen LogP contribution in [-0.4, -0.2) is 26.3 Å².